The quantitative estimate of drug-likeness (QED) is 0.189. The lowest BCUT2D eigenvalue weighted by Gasteiger charge is -2.30. The van der Waals surface area contributed by atoms with E-state index >= 15 is 0 Å². The number of benzene rings is 4. The lowest BCUT2D eigenvalue weighted by atomic mass is 9.84. The second kappa shape index (κ2) is 8.32. The highest BCUT2D eigenvalue weighted by Crippen LogP contribution is 2.55. The van der Waals surface area contributed by atoms with E-state index in [2.05, 4.69) is 0 Å². The van der Waals surface area contributed by atoms with E-state index in [0.29, 0.717) is 0 Å². The summed E-state index contributed by atoms with van der Waals surface area (Å²) in [6, 6.07) is 4.65. The summed E-state index contributed by atoms with van der Waals surface area (Å²) in [5.74, 6) is -5.10. The van der Waals surface area contributed by atoms with Gasteiger partial charge in [-0.25, -0.2) is 0 Å². The van der Waals surface area contributed by atoms with Crippen LogP contribution in [-0.2, 0) is 0 Å². The van der Waals surface area contributed by atoms with Crippen LogP contribution in [0.25, 0.3) is 32.7 Å². The minimum absolute atomic E-state index is 0.0155. The van der Waals surface area contributed by atoms with Crippen molar-refractivity contribution in [2.24, 2.45) is 11.8 Å². The van der Waals surface area contributed by atoms with Crippen LogP contribution in [0, 0.1) is 11.8 Å². The Bertz CT molecular complexity index is 1690. The molecule has 2 unspecified atom stereocenters. The van der Waals surface area contributed by atoms with Crippen molar-refractivity contribution in [1.29, 1.82) is 0 Å². The summed E-state index contributed by atoms with van der Waals surface area (Å²) in [5.41, 5.74) is -0.435. The van der Waals surface area contributed by atoms with Crippen molar-refractivity contribution in [1.82, 2.24) is 0 Å². The average molecular weight is 547 g/mol. The van der Waals surface area contributed by atoms with E-state index < -0.39 is 58.5 Å². The van der Waals surface area contributed by atoms with Gasteiger partial charge in [0, 0.05) is 34.0 Å². The molecule has 4 atom stereocenters. The molecule has 0 bridgehead atoms. The molecule has 0 aliphatic carbocycles. The van der Waals surface area contributed by atoms with Gasteiger partial charge in [-0.1, -0.05) is 13.8 Å². The first kappa shape index (κ1) is 25.4. The Morgan fingerprint density at radius 3 is 1.23 bits per heavy atom. The number of carbonyl (C=O) groups is 2. The molecule has 6 rings (SSSR count). The highest BCUT2D eigenvalue weighted by Gasteiger charge is 2.38. The summed E-state index contributed by atoms with van der Waals surface area (Å²) in [6.07, 6.45) is -1.06. The molecule has 6 N–H and O–H groups in total. The third-order valence-corrected chi connectivity index (χ3v) is 8.24. The fourth-order valence-electron chi connectivity index (χ4n) is 5.70. The fourth-order valence-corrected chi connectivity index (χ4v) is 5.70. The SMILES string of the molecule is CC1Oc2cc3c(-c4c(O)cc(O)c5c(O)c6c(cc45)O[C@H](C)[C@H](C)C6=O)c(O)cc(O)c3c(O)c2C(=O)C1C. The lowest BCUT2D eigenvalue weighted by molar-refractivity contribution is 0.0716. The highest BCUT2D eigenvalue weighted by molar-refractivity contribution is 6.19. The van der Waals surface area contributed by atoms with E-state index in [1.165, 1.54) is 12.1 Å². The maximum absolute atomic E-state index is 13.0. The molecule has 4 aromatic carbocycles. The molecule has 2 aliphatic rings. The number of hydrogen-bond donors (Lipinski definition) is 6. The zero-order valence-corrected chi connectivity index (χ0v) is 21.9. The molecule has 0 saturated heterocycles. The van der Waals surface area contributed by atoms with Crippen LogP contribution in [0.3, 0.4) is 0 Å². The van der Waals surface area contributed by atoms with Crippen LogP contribution in [-0.4, -0.2) is 54.4 Å². The Kier molecular flexibility index (Phi) is 5.29. The number of rotatable bonds is 1. The molecule has 2 heterocycles. The van der Waals surface area contributed by atoms with Crippen molar-refractivity contribution in [3.63, 3.8) is 0 Å². The number of fused-ring (bicyclic) bond motifs is 4. The van der Waals surface area contributed by atoms with Crippen LogP contribution in [0.5, 0.6) is 46.0 Å². The smallest absolute Gasteiger partial charge is 0.176 e. The van der Waals surface area contributed by atoms with Gasteiger partial charge in [-0.3, -0.25) is 9.59 Å². The van der Waals surface area contributed by atoms with E-state index in [9.17, 15) is 40.2 Å². The molecule has 0 fully saturated rings. The van der Waals surface area contributed by atoms with Crippen LogP contribution in [0.15, 0.2) is 24.3 Å². The number of aromatic hydroxyl groups is 6. The van der Waals surface area contributed by atoms with Gasteiger partial charge in [-0.05, 0) is 26.0 Å². The van der Waals surface area contributed by atoms with Gasteiger partial charge in [0.1, 0.15) is 69.3 Å². The summed E-state index contributed by atoms with van der Waals surface area (Å²) >= 11 is 0. The van der Waals surface area contributed by atoms with Gasteiger partial charge >= 0.3 is 0 Å². The number of Topliss-reactive ketones (excluding diaryl/α,β-unsaturated/α-hetero) is 2. The summed E-state index contributed by atoms with van der Waals surface area (Å²) in [6.45, 7) is 6.71. The van der Waals surface area contributed by atoms with Crippen LogP contribution in [0.1, 0.15) is 48.4 Å². The monoisotopic (exact) mass is 546 g/mol. The number of phenolic OH excluding ortho intramolecular Hbond substituents is 6. The molecular formula is C30H26O10. The molecule has 0 saturated carbocycles. The van der Waals surface area contributed by atoms with Crippen molar-refractivity contribution in [2.45, 2.75) is 39.9 Å². The maximum atomic E-state index is 13.0. The van der Waals surface area contributed by atoms with Crippen LogP contribution in [0.4, 0.5) is 0 Å². The zero-order chi connectivity index (χ0) is 28.9. The molecule has 0 aromatic heterocycles. The largest absolute Gasteiger partial charge is 0.507 e. The first-order valence-corrected chi connectivity index (χ1v) is 12.7. The van der Waals surface area contributed by atoms with Crippen LogP contribution >= 0.6 is 0 Å². The van der Waals surface area contributed by atoms with Crippen molar-refractivity contribution >= 4 is 33.1 Å². The van der Waals surface area contributed by atoms with Crippen LogP contribution < -0.4 is 9.47 Å². The minimum atomic E-state index is -0.568. The van der Waals surface area contributed by atoms with Crippen molar-refractivity contribution in [3.8, 4) is 57.1 Å². The molecule has 40 heavy (non-hydrogen) atoms. The lowest BCUT2D eigenvalue weighted by Crippen LogP contribution is -2.33. The summed E-state index contributed by atoms with van der Waals surface area (Å²) < 4.78 is 11.8. The van der Waals surface area contributed by atoms with E-state index in [0.717, 1.165) is 12.1 Å². The van der Waals surface area contributed by atoms with E-state index in [-0.39, 0.29) is 66.9 Å². The molecule has 4 aromatic rings. The molecule has 10 heteroatoms. The van der Waals surface area contributed by atoms with Gasteiger partial charge in [-0.2, -0.15) is 0 Å². The Labute approximate surface area is 227 Å². The second-order valence-corrected chi connectivity index (χ2v) is 10.6. The first-order chi connectivity index (χ1) is 18.8. The molecular weight excluding hydrogens is 520 g/mol. The molecule has 10 nitrogen and oxygen atoms in total. The van der Waals surface area contributed by atoms with Gasteiger partial charge in [0.15, 0.2) is 11.6 Å². The Balaban J connectivity index is 1.76. The number of phenols is 6. The number of carbonyl (C=O) groups excluding carboxylic acids is 2. The Morgan fingerprint density at radius 2 is 0.875 bits per heavy atom. The Morgan fingerprint density at radius 1 is 0.525 bits per heavy atom. The predicted octanol–water partition coefficient (Wildman–Crippen LogP) is 5.09. The van der Waals surface area contributed by atoms with Gasteiger partial charge in [0.2, 0.25) is 0 Å². The van der Waals surface area contributed by atoms with Crippen molar-refractivity contribution in [3.05, 3.63) is 35.4 Å². The first-order valence-electron chi connectivity index (χ1n) is 12.7. The maximum Gasteiger partial charge on any atom is 0.176 e. The third kappa shape index (κ3) is 3.22. The molecule has 0 radical (unpaired) electrons. The third-order valence-electron chi connectivity index (χ3n) is 8.24. The van der Waals surface area contributed by atoms with E-state index in [1.807, 2.05) is 0 Å². The fraction of sp³-hybridized carbons (Fsp3) is 0.267. The topological polar surface area (TPSA) is 174 Å². The second-order valence-electron chi connectivity index (χ2n) is 10.6. The van der Waals surface area contributed by atoms with Gasteiger partial charge in [0.25, 0.3) is 0 Å². The molecule has 2 aliphatic heterocycles. The molecule has 0 amide bonds. The predicted molar refractivity (Wildman–Crippen MR) is 144 cm³/mol. The van der Waals surface area contributed by atoms with Gasteiger partial charge in [0.05, 0.1) is 22.6 Å². The summed E-state index contributed by atoms with van der Waals surface area (Å²) in [5, 5.41) is 65.7. The number of hydrogen-bond acceptors (Lipinski definition) is 10. The normalized spacial score (nSPS) is 22.1. The summed E-state index contributed by atoms with van der Waals surface area (Å²) in [7, 11) is 0. The van der Waals surface area contributed by atoms with Crippen molar-refractivity contribution in [2.75, 3.05) is 0 Å². The number of ether oxygens (including phenoxy) is 2. The van der Waals surface area contributed by atoms with Crippen LogP contribution in [0.2, 0.25) is 0 Å². The average Bonchev–Trinajstić information content (AvgIpc) is 2.86. The minimum Gasteiger partial charge on any atom is -0.507 e. The van der Waals surface area contributed by atoms with Crippen molar-refractivity contribution < 1.29 is 49.7 Å². The van der Waals surface area contributed by atoms with E-state index in [1.54, 1.807) is 27.7 Å². The summed E-state index contributed by atoms with van der Waals surface area (Å²) in [4.78, 5) is 26.1. The zero-order valence-electron chi connectivity index (χ0n) is 21.9. The van der Waals surface area contributed by atoms with Gasteiger partial charge < -0.3 is 40.1 Å². The van der Waals surface area contributed by atoms with Gasteiger partial charge in [-0.15, -0.1) is 0 Å². The Hall–Kier alpha value is -4.86. The standard InChI is InChI=1S/C30H26O10/c1-9-11(3)39-19-5-13-21(15(31)7-17(33)23(13)29(37)25(19)27(9)35)22-14-6-20-26(28(36)10(2)12(4)40-20)30(38)24(14)18(34)8-16(22)32/h5-12,31-34,37-38H,1-4H3/t9-,10?,11+,12?/m0/s1. The van der Waals surface area contributed by atoms with E-state index in [4.69, 9.17) is 9.47 Å². The molecule has 0 spiro atoms. The molecule has 206 valence electrons. The highest BCUT2D eigenvalue weighted by atomic mass is 16.5. The number of ketones is 2.